The maximum absolute atomic E-state index is 11.0. The molecule has 0 saturated heterocycles. The van der Waals surface area contributed by atoms with E-state index in [9.17, 15) is 10.1 Å². The highest BCUT2D eigenvalue weighted by atomic mass is 35.5. The zero-order valence-electron chi connectivity index (χ0n) is 10.6. The van der Waals surface area contributed by atoms with Crippen LogP contribution in [0.4, 0.5) is 11.5 Å². The normalized spacial score (nSPS) is 21.3. The Balaban J connectivity index is 1.86. The van der Waals surface area contributed by atoms with Crippen molar-refractivity contribution in [3.05, 3.63) is 27.4 Å². The second kappa shape index (κ2) is 4.63. The van der Waals surface area contributed by atoms with Gasteiger partial charge in [0, 0.05) is 11.6 Å². The van der Waals surface area contributed by atoms with Crippen molar-refractivity contribution in [1.82, 2.24) is 4.98 Å². The van der Waals surface area contributed by atoms with Crippen LogP contribution in [-0.4, -0.2) is 15.4 Å². The monoisotopic (exact) mass is 281 g/mol. The second-order valence-electron chi connectivity index (χ2n) is 5.52. The summed E-state index contributed by atoms with van der Waals surface area (Å²) in [6.45, 7) is 0. The lowest BCUT2D eigenvalue weighted by atomic mass is 9.95. The third-order valence-electron chi connectivity index (χ3n) is 4.33. The summed E-state index contributed by atoms with van der Waals surface area (Å²) in [7, 11) is 0. The van der Waals surface area contributed by atoms with Crippen LogP contribution < -0.4 is 5.32 Å². The van der Waals surface area contributed by atoms with Crippen LogP contribution in [0.25, 0.3) is 0 Å². The van der Waals surface area contributed by atoms with Crippen LogP contribution in [0, 0.1) is 16.0 Å². The van der Waals surface area contributed by atoms with E-state index in [1.54, 1.807) is 0 Å². The molecule has 19 heavy (non-hydrogen) atoms. The summed E-state index contributed by atoms with van der Waals surface area (Å²) in [5, 5.41) is 14.7. The first-order chi connectivity index (χ1) is 9.11. The Kier molecular flexibility index (Phi) is 3.09. The number of anilines is 1. The molecule has 2 saturated carbocycles. The van der Waals surface area contributed by atoms with Gasteiger partial charge >= 0.3 is 5.69 Å². The zero-order valence-corrected chi connectivity index (χ0v) is 11.3. The van der Waals surface area contributed by atoms with Gasteiger partial charge in [0.05, 0.1) is 4.92 Å². The lowest BCUT2D eigenvalue weighted by Crippen LogP contribution is -2.30. The van der Waals surface area contributed by atoms with Crippen molar-refractivity contribution >= 4 is 23.1 Å². The van der Waals surface area contributed by atoms with Gasteiger partial charge in [-0.15, -0.1) is 0 Å². The minimum absolute atomic E-state index is 0.00803. The molecule has 2 fully saturated rings. The Morgan fingerprint density at radius 2 is 2.05 bits per heavy atom. The van der Waals surface area contributed by atoms with E-state index in [1.165, 1.54) is 37.8 Å². The van der Waals surface area contributed by atoms with Gasteiger partial charge < -0.3 is 5.32 Å². The van der Waals surface area contributed by atoms with Crippen molar-refractivity contribution < 1.29 is 4.92 Å². The first-order valence-electron chi connectivity index (χ1n) is 6.70. The predicted octanol–water partition coefficient (Wildman–Crippen LogP) is 3.78. The minimum atomic E-state index is -0.406. The highest BCUT2D eigenvalue weighted by Crippen LogP contribution is 2.51. The summed E-state index contributed by atoms with van der Waals surface area (Å²) < 4.78 is 0. The van der Waals surface area contributed by atoms with E-state index in [4.69, 9.17) is 11.6 Å². The fourth-order valence-electron chi connectivity index (χ4n) is 3.15. The van der Waals surface area contributed by atoms with Crippen LogP contribution in [0.5, 0.6) is 0 Å². The van der Waals surface area contributed by atoms with Gasteiger partial charge in [-0.05, 0) is 37.7 Å². The number of aromatic nitrogens is 1. The molecule has 1 heterocycles. The molecular formula is C13H16ClN3O2. The van der Waals surface area contributed by atoms with Gasteiger partial charge in [0.2, 0.25) is 5.82 Å². The quantitative estimate of drug-likeness (QED) is 0.518. The van der Waals surface area contributed by atoms with Gasteiger partial charge in [-0.25, -0.2) is 4.98 Å². The Morgan fingerprint density at radius 3 is 2.63 bits per heavy atom. The first-order valence-corrected chi connectivity index (χ1v) is 7.08. The fraction of sp³-hybridized carbons (Fsp3) is 0.615. The molecule has 0 bridgehead atoms. The number of nitrogens with zero attached hydrogens (tertiary/aromatic N) is 2. The highest BCUT2D eigenvalue weighted by molar-refractivity contribution is 6.29. The molecular weight excluding hydrogens is 266 g/mol. The molecule has 102 valence electrons. The topological polar surface area (TPSA) is 68.1 Å². The largest absolute Gasteiger partial charge is 0.359 e. The van der Waals surface area contributed by atoms with Gasteiger partial charge in [-0.2, -0.15) is 0 Å². The summed E-state index contributed by atoms with van der Waals surface area (Å²) in [5.74, 6) is 0.940. The van der Waals surface area contributed by atoms with Gasteiger partial charge in [0.1, 0.15) is 5.15 Å². The van der Waals surface area contributed by atoms with Crippen LogP contribution in [0.15, 0.2) is 12.1 Å². The van der Waals surface area contributed by atoms with Crippen molar-refractivity contribution in [1.29, 1.82) is 0 Å². The van der Waals surface area contributed by atoms with E-state index >= 15 is 0 Å². The Labute approximate surface area is 116 Å². The van der Waals surface area contributed by atoms with E-state index in [1.807, 2.05) is 0 Å². The summed E-state index contributed by atoms with van der Waals surface area (Å²) in [4.78, 5) is 14.7. The van der Waals surface area contributed by atoms with Crippen molar-refractivity contribution in [2.75, 3.05) is 5.32 Å². The van der Waals surface area contributed by atoms with Crippen molar-refractivity contribution in [2.24, 2.45) is 5.92 Å². The molecule has 3 rings (SSSR count). The molecule has 0 radical (unpaired) electrons. The van der Waals surface area contributed by atoms with E-state index in [2.05, 4.69) is 10.3 Å². The van der Waals surface area contributed by atoms with Crippen molar-refractivity contribution in [3.8, 4) is 0 Å². The molecule has 1 N–H and O–H groups in total. The molecule has 1 aromatic rings. The maximum atomic E-state index is 11.0. The fourth-order valence-corrected chi connectivity index (χ4v) is 3.30. The highest BCUT2D eigenvalue weighted by Gasteiger charge is 2.50. The standard InChI is InChI=1S/C13H16ClN3O2/c14-11-6-5-10(17(18)19)12(15-11)16-13(7-8-13)9-3-1-2-4-9/h5-6,9H,1-4,7-8H2,(H,15,16). The molecule has 0 atom stereocenters. The van der Waals surface area contributed by atoms with Crippen molar-refractivity contribution in [3.63, 3.8) is 0 Å². The molecule has 2 aliphatic rings. The summed E-state index contributed by atoms with van der Waals surface area (Å²) >= 11 is 5.86. The van der Waals surface area contributed by atoms with Crippen molar-refractivity contribution in [2.45, 2.75) is 44.1 Å². The number of hydrogen-bond acceptors (Lipinski definition) is 4. The first kappa shape index (κ1) is 12.7. The Morgan fingerprint density at radius 1 is 1.37 bits per heavy atom. The molecule has 5 nitrogen and oxygen atoms in total. The lowest BCUT2D eigenvalue weighted by molar-refractivity contribution is -0.384. The average Bonchev–Trinajstić information content (AvgIpc) is 2.92. The van der Waals surface area contributed by atoms with Gasteiger partial charge in [-0.3, -0.25) is 10.1 Å². The summed E-state index contributed by atoms with van der Waals surface area (Å²) in [6.07, 6.45) is 7.09. The SMILES string of the molecule is O=[N+]([O-])c1ccc(Cl)nc1NC1(C2CCCC2)CC1. The molecule has 0 spiro atoms. The van der Waals surface area contributed by atoms with E-state index in [-0.39, 0.29) is 16.4 Å². The minimum Gasteiger partial charge on any atom is -0.359 e. The van der Waals surface area contributed by atoms with Crippen LogP contribution in [0.3, 0.4) is 0 Å². The predicted molar refractivity (Wildman–Crippen MR) is 73.4 cm³/mol. The number of hydrogen-bond donors (Lipinski definition) is 1. The van der Waals surface area contributed by atoms with Gasteiger partial charge in [0.25, 0.3) is 0 Å². The van der Waals surface area contributed by atoms with Gasteiger partial charge in [0.15, 0.2) is 0 Å². The lowest BCUT2D eigenvalue weighted by Gasteiger charge is -2.24. The molecule has 0 amide bonds. The number of rotatable bonds is 4. The molecule has 6 heteroatoms. The van der Waals surface area contributed by atoms with Crippen LogP contribution in [-0.2, 0) is 0 Å². The third kappa shape index (κ3) is 2.39. The number of pyridine rings is 1. The maximum Gasteiger partial charge on any atom is 0.311 e. The van der Waals surface area contributed by atoms with Crippen LogP contribution in [0.1, 0.15) is 38.5 Å². The second-order valence-corrected chi connectivity index (χ2v) is 5.91. The number of halogens is 1. The van der Waals surface area contributed by atoms with E-state index < -0.39 is 4.92 Å². The van der Waals surface area contributed by atoms with E-state index in [0.29, 0.717) is 11.7 Å². The summed E-state index contributed by atoms with van der Waals surface area (Å²) in [6, 6.07) is 2.88. The third-order valence-corrected chi connectivity index (χ3v) is 4.54. The number of nitrogens with one attached hydrogen (secondary N) is 1. The van der Waals surface area contributed by atoms with Crippen LogP contribution in [0.2, 0.25) is 5.15 Å². The molecule has 0 aromatic carbocycles. The summed E-state index contributed by atoms with van der Waals surface area (Å²) in [5.41, 5.74) is 0.0348. The van der Waals surface area contributed by atoms with E-state index in [0.717, 1.165) is 12.8 Å². The van der Waals surface area contributed by atoms with Gasteiger partial charge in [-0.1, -0.05) is 24.4 Å². The smallest absolute Gasteiger partial charge is 0.311 e. The zero-order chi connectivity index (χ0) is 13.5. The molecule has 1 aromatic heterocycles. The number of nitro groups is 1. The Hall–Kier alpha value is -1.36. The average molecular weight is 282 g/mol. The molecule has 0 aliphatic heterocycles. The van der Waals surface area contributed by atoms with Crippen LogP contribution >= 0.6 is 11.6 Å². The molecule has 2 aliphatic carbocycles. The molecule has 0 unspecified atom stereocenters. The Bertz CT molecular complexity index is 511.